The number of nitrogens with one attached hydrogen (secondary N) is 2. The van der Waals surface area contributed by atoms with Crippen LogP contribution < -0.4 is 10.6 Å². The van der Waals surface area contributed by atoms with Crippen LogP contribution in [0.15, 0.2) is 0 Å². The van der Waals surface area contributed by atoms with Crippen molar-refractivity contribution in [3.05, 3.63) is 0 Å². The van der Waals surface area contributed by atoms with Crippen molar-refractivity contribution in [1.29, 1.82) is 0 Å². The third-order valence-corrected chi connectivity index (χ3v) is 6.93. The van der Waals surface area contributed by atoms with Crippen LogP contribution in [0.5, 0.6) is 0 Å². The van der Waals surface area contributed by atoms with Gasteiger partial charge in [-0.25, -0.2) is 4.79 Å². The second kappa shape index (κ2) is 9.25. The van der Waals surface area contributed by atoms with E-state index in [-0.39, 0.29) is 12.2 Å². The number of hydrogen-bond donors (Lipinski definition) is 2. The molecule has 0 aromatic heterocycles. The van der Waals surface area contributed by atoms with Gasteiger partial charge in [-0.2, -0.15) is 17.0 Å². The van der Waals surface area contributed by atoms with Gasteiger partial charge in [0.2, 0.25) is 5.91 Å². The Morgan fingerprint density at radius 3 is 2.00 bits per heavy atom. The molecular formula is C18H35N5O5S. The molecule has 0 radical (unpaired) electrons. The Balaban J connectivity index is 1.89. The topological polar surface area (TPSA) is 111 Å². The van der Waals surface area contributed by atoms with E-state index >= 15 is 0 Å². The zero-order chi connectivity index (χ0) is 22.0. The number of amides is 3. The van der Waals surface area contributed by atoms with Crippen molar-refractivity contribution in [3.8, 4) is 0 Å². The van der Waals surface area contributed by atoms with Crippen LogP contribution in [-0.2, 0) is 19.7 Å². The Morgan fingerprint density at radius 2 is 1.52 bits per heavy atom. The summed E-state index contributed by atoms with van der Waals surface area (Å²) in [5, 5.41) is 5.04. The molecule has 2 rings (SSSR count). The maximum Gasteiger partial charge on any atom is 0.321 e. The SMILES string of the molecule is CC1CN(S(=O)(=O)N2CCN(C(C)C(=O)NC(=O)NC(C)(C)C)CC2)CC(C)O1. The average Bonchev–Trinajstić information content (AvgIpc) is 2.58. The van der Waals surface area contributed by atoms with E-state index in [0.717, 1.165) is 0 Å². The highest BCUT2D eigenvalue weighted by atomic mass is 32.2. The predicted molar refractivity (Wildman–Crippen MR) is 110 cm³/mol. The van der Waals surface area contributed by atoms with Crippen molar-refractivity contribution < 1.29 is 22.7 Å². The summed E-state index contributed by atoms with van der Waals surface area (Å²) in [6.07, 6.45) is -0.282. The smallest absolute Gasteiger partial charge is 0.321 e. The van der Waals surface area contributed by atoms with Crippen LogP contribution in [0.1, 0.15) is 41.5 Å². The van der Waals surface area contributed by atoms with E-state index in [0.29, 0.717) is 39.3 Å². The fourth-order valence-electron chi connectivity index (χ4n) is 3.56. The van der Waals surface area contributed by atoms with E-state index < -0.39 is 33.7 Å². The minimum absolute atomic E-state index is 0.141. The molecule has 0 spiro atoms. The number of urea groups is 1. The third-order valence-electron chi connectivity index (χ3n) is 4.96. The second-order valence-corrected chi connectivity index (χ2v) is 10.8. The van der Waals surface area contributed by atoms with Gasteiger partial charge in [-0.1, -0.05) is 0 Å². The van der Waals surface area contributed by atoms with E-state index in [2.05, 4.69) is 10.6 Å². The number of ether oxygens (including phenoxy) is 1. The summed E-state index contributed by atoms with van der Waals surface area (Å²) in [5.74, 6) is -0.404. The minimum atomic E-state index is -3.56. The number of piperazine rings is 1. The van der Waals surface area contributed by atoms with Gasteiger partial charge < -0.3 is 10.1 Å². The second-order valence-electron chi connectivity index (χ2n) is 8.89. The number of hydrogen-bond acceptors (Lipinski definition) is 6. The molecular weight excluding hydrogens is 398 g/mol. The number of imide groups is 1. The Labute approximate surface area is 174 Å². The first-order valence-electron chi connectivity index (χ1n) is 10.1. The number of carbonyl (C=O) groups is 2. The van der Waals surface area contributed by atoms with Crippen LogP contribution in [0.25, 0.3) is 0 Å². The molecule has 2 fully saturated rings. The van der Waals surface area contributed by atoms with Gasteiger partial charge in [-0.15, -0.1) is 0 Å². The van der Waals surface area contributed by atoms with Crippen molar-refractivity contribution >= 4 is 22.1 Å². The molecule has 0 aliphatic carbocycles. The quantitative estimate of drug-likeness (QED) is 0.644. The fourth-order valence-corrected chi connectivity index (χ4v) is 5.31. The summed E-state index contributed by atoms with van der Waals surface area (Å²) in [6, 6.07) is -1.07. The maximum absolute atomic E-state index is 13.0. The summed E-state index contributed by atoms with van der Waals surface area (Å²) < 4.78 is 34.5. The van der Waals surface area contributed by atoms with E-state index in [1.54, 1.807) is 6.92 Å². The molecule has 29 heavy (non-hydrogen) atoms. The maximum atomic E-state index is 13.0. The lowest BCUT2D eigenvalue weighted by molar-refractivity contribution is -0.125. The zero-order valence-electron chi connectivity index (χ0n) is 18.3. The molecule has 11 heteroatoms. The van der Waals surface area contributed by atoms with Crippen molar-refractivity contribution in [2.75, 3.05) is 39.3 Å². The Hall–Kier alpha value is -1.27. The highest BCUT2D eigenvalue weighted by molar-refractivity contribution is 7.86. The highest BCUT2D eigenvalue weighted by Gasteiger charge is 2.38. The molecule has 0 saturated carbocycles. The molecule has 3 unspecified atom stereocenters. The van der Waals surface area contributed by atoms with E-state index in [4.69, 9.17) is 4.74 Å². The zero-order valence-corrected chi connectivity index (χ0v) is 19.1. The first kappa shape index (κ1) is 24.0. The molecule has 2 aliphatic heterocycles. The summed E-state index contributed by atoms with van der Waals surface area (Å²) in [6.45, 7) is 13.1. The minimum Gasteiger partial charge on any atom is -0.373 e. The van der Waals surface area contributed by atoms with Gasteiger partial charge >= 0.3 is 6.03 Å². The lowest BCUT2D eigenvalue weighted by atomic mass is 10.1. The van der Waals surface area contributed by atoms with E-state index in [9.17, 15) is 18.0 Å². The van der Waals surface area contributed by atoms with Crippen LogP contribution in [0.2, 0.25) is 0 Å². The summed E-state index contributed by atoms with van der Waals surface area (Å²) in [7, 11) is -3.56. The van der Waals surface area contributed by atoms with Gasteiger partial charge in [0.05, 0.1) is 18.2 Å². The van der Waals surface area contributed by atoms with Crippen LogP contribution in [0.3, 0.4) is 0 Å². The Morgan fingerprint density at radius 1 is 1.00 bits per heavy atom. The number of morpholine rings is 1. The molecule has 3 atom stereocenters. The molecule has 2 heterocycles. The summed E-state index contributed by atoms with van der Waals surface area (Å²) in [5.41, 5.74) is -0.442. The van der Waals surface area contributed by atoms with Crippen LogP contribution >= 0.6 is 0 Å². The standard InChI is InChI=1S/C18H35N5O5S/c1-13-11-23(12-14(2)28-13)29(26,27)22-9-7-21(8-10-22)15(3)16(24)19-17(25)20-18(4,5)6/h13-15H,7-12H2,1-6H3,(H2,19,20,24,25). The predicted octanol–water partition coefficient (Wildman–Crippen LogP) is -0.0292. The normalized spacial score (nSPS) is 26.7. The van der Waals surface area contributed by atoms with Gasteiger partial charge in [0.1, 0.15) is 0 Å². The third kappa shape index (κ3) is 6.61. The number of carbonyl (C=O) groups excluding carboxylic acids is 2. The van der Waals surface area contributed by atoms with Crippen LogP contribution in [-0.4, -0.2) is 96.9 Å². The highest BCUT2D eigenvalue weighted by Crippen LogP contribution is 2.19. The van der Waals surface area contributed by atoms with Gasteiger partial charge in [-0.3, -0.25) is 15.0 Å². The first-order chi connectivity index (χ1) is 13.3. The molecule has 10 nitrogen and oxygen atoms in total. The summed E-state index contributed by atoms with van der Waals surface area (Å²) in [4.78, 5) is 26.2. The number of rotatable bonds is 4. The molecule has 0 aromatic rings. The number of nitrogens with zero attached hydrogens (tertiary/aromatic N) is 3. The summed E-state index contributed by atoms with van der Waals surface area (Å²) >= 11 is 0. The first-order valence-corrected chi connectivity index (χ1v) is 11.5. The Bertz CT molecular complexity index is 690. The van der Waals surface area contributed by atoms with E-state index in [1.807, 2.05) is 39.5 Å². The molecule has 2 aliphatic rings. The van der Waals surface area contributed by atoms with Gasteiger partial charge in [-0.05, 0) is 41.5 Å². The monoisotopic (exact) mass is 433 g/mol. The van der Waals surface area contributed by atoms with Gasteiger partial charge in [0.25, 0.3) is 10.2 Å². The van der Waals surface area contributed by atoms with Crippen molar-refractivity contribution in [2.45, 2.75) is 65.3 Å². The molecule has 3 amide bonds. The average molecular weight is 434 g/mol. The molecule has 2 saturated heterocycles. The molecule has 0 aromatic carbocycles. The molecule has 2 N–H and O–H groups in total. The fraction of sp³-hybridized carbons (Fsp3) is 0.889. The van der Waals surface area contributed by atoms with Crippen molar-refractivity contribution in [2.24, 2.45) is 0 Å². The largest absolute Gasteiger partial charge is 0.373 e. The van der Waals surface area contributed by atoms with Crippen molar-refractivity contribution in [3.63, 3.8) is 0 Å². The van der Waals surface area contributed by atoms with E-state index in [1.165, 1.54) is 8.61 Å². The molecule has 0 bridgehead atoms. The lowest BCUT2D eigenvalue weighted by Gasteiger charge is -2.41. The van der Waals surface area contributed by atoms with Gasteiger partial charge in [0, 0.05) is 44.8 Å². The van der Waals surface area contributed by atoms with Gasteiger partial charge in [0.15, 0.2) is 0 Å². The van der Waals surface area contributed by atoms with Crippen LogP contribution in [0, 0.1) is 0 Å². The molecule has 168 valence electrons. The van der Waals surface area contributed by atoms with Crippen LogP contribution in [0.4, 0.5) is 4.79 Å². The lowest BCUT2D eigenvalue weighted by Crippen LogP contribution is -2.60. The van der Waals surface area contributed by atoms with Crippen molar-refractivity contribution in [1.82, 2.24) is 24.1 Å². The Kier molecular flexibility index (Phi) is 7.66.